The number of rotatable bonds is 2. The number of hydrogen-bond acceptors (Lipinski definition) is 3. The van der Waals surface area contributed by atoms with E-state index in [1.54, 1.807) is 0 Å². The summed E-state index contributed by atoms with van der Waals surface area (Å²) >= 11 is 0. The maximum atomic E-state index is 4.43. The molecule has 0 spiro atoms. The molecule has 1 saturated heterocycles. The van der Waals surface area contributed by atoms with Crippen LogP contribution in [0.2, 0.25) is 0 Å². The molecule has 0 unspecified atom stereocenters. The molecular formula is C13H21N3. The predicted octanol–water partition coefficient (Wildman–Crippen LogP) is 2.10. The Morgan fingerprint density at radius 1 is 1.38 bits per heavy atom. The normalized spacial score (nSPS) is 18.2. The fourth-order valence-corrected chi connectivity index (χ4v) is 1.96. The molecule has 2 rings (SSSR count). The van der Waals surface area contributed by atoms with E-state index in [0.717, 1.165) is 18.8 Å². The van der Waals surface area contributed by atoms with E-state index in [2.05, 4.69) is 49.1 Å². The second-order valence-electron chi connectivity index (χ2n) is 5.74. The van der Waals surface area contributed by atoms with Gasteiger partial charge in [-0.1, -0.05) is 20.8 Å². The standard InChI is InChI=1S/C13H21N3/c1-13(2,3)12-7-10(5-6-14-12)15-11-8-16(4)9-11/h5-7,11H,8-9H2,1-4H3,(H,14,15). The van der Waals surface area contributed by atoms with Crippen LogP contribution >= 0.6 is 0 Å². The minimum absolute atomic E-state index is 0.119. The Morgan fingerprint density at radius 2 is 2.06 bits per heavy atom. The van der Waals surface area contributed by atoms with Crippen molar-refractivity contribution in [1.29, 1.82) is 0 Å². The first-order chi connectivity index (χ1) is 7.45. The van der Waals surface area contributed by atoms with E-state index in [9.17, 15) is 0 Å². The fourth-order valence-electron chi connectivity index (χ4n) is 1.96. The number of anilines is 1. The van der Waals surface area contributed by atoms with Gasteiger partial charge in [-0.3, -0.25) is 4.98 Å². The van der Waals surface area contributed by atoms with Crippen molar-refractivity contribution in [2.75, 3.05) is 25.5 Å². The molecule has 2 heterocycles. The van der Waals surface area contributed by atoms with Crippen LogP contribution in [0, 0.1) is 0 Å². The van der Waals surface area contributed by atoms with E-state index in [-0.39, 0.29) is 5.41 Å². The number of likely N-dealkylation sites (N-methyl/N-ethyl adjacent to an activating group) is 1. The summed E-state index contributed by atoms with van der Waals surface area (Å²) in [7, 11) is 2.14. The summed E-state index contributed by atoms with van der Waals surface area (Å²) in [5.74, 6) is 0. The summed E-state index contributed by atoms with van der Waals surface area (Å²) in [4.78, 5) is 6.74. The Bertz CT molecular complexity index is 362. The summed E-state index contributed by atoms with van der Waals surface area (Å²) < 4.78 is 0. The zero-order valence-electron chi connectivity index (χ0n) is 10.6. The van der Waals surface area contributed by atoms with Crippen LogP contribution in [-0.4, -0.2) is 36.1 Å². The maximum absolute atomic E-state index is 4.43. The smallest absolute Gasteiger partial charge is 0.0515 e. The SMILES string of the molecule is CN1CC(Nc2ccnc(C(C)(C)C)c2)C1. The summed E-state index contributed by atoms with van der Waals surface area (Å²) in [5.41, 5.74) is 2.46. The molecule has 3 heteroatoms. The van der Waals surface area contributed by atoms with Crippen LogP contribution in [0.3, 0.4) is 0 Å². The van der Waals surface area contributed by atoms with Gasteiger partial charge in [0.15, 0.2) is 0 Å². The molecule has 0 aliphatic carbocycles. The lowest BCUT2D eigenvalue weighted by atomic mass is 9.91. The van der Waals surface area contributed by atoms with Gasteiger partial charge in [0, 0.05) is 36.1 Å². The highest BCUT2D eigenvalue weighted by atomic mass is 15.2. The van der Waals surface area contributed by atoms with Crippen molar-refractivity contribution in [3.8, 4) is 0 Å². The Kier molecular flexibility index (Phi) is 2.89. The lowest BCUT2D eigenvalue weighted by Crippen LogP contribution is -2.52. The quantitative estimate of drug-likeness (QED) is 0.825. The van der Waals surface area contributed by atoms with Gasteiger partial charge in [-0.05, 0) is 19.2 Å². The van der Waals surface area contributed by atoms with Gasteiger partial charge in [0.25, 0.3) is 0 Å². The van der Waals surface area contributed by atoms with E-state index >= 15 is 0 Å². The molecule has 1 aliphatic rings. The zero-order valence-corrected chi connectivity index (χ0v) is 10.6. The van der Waals surface area contributed by atoms with Crippen molar-refractivity contribution in [3.05, 3.63) is 24.0 Å². The molecule has 0 bridgehead atoms. The van der Waals surface area contributed by atoms with Crippen LogP contribution in [0.4, 0.5) is 5.69 Å². The van der Waals surface area contributed by atoms with Gasteiger partial charge in [0.1, 0.15) is 0 Å². The van der Waals surface area contributed by atoms with Crippen molar-refractivity contribution in [1.82, 2.24) is 9.88 Å². The Labute approximate surface area is 97.9 Å². The minimum atomic E-state index is 0.119. The highest BCUT2D eigenvalue weighted by molar-refractivity contribution is 5.46. The molecule has 3 nitrogen and oxygen atoms in total. The molecular weight excluding hydrogens is 198 g/mol. The first kappa shape index (κ1) is 11.4. The molecule has 88 valence electrons. The molecule has 1 aromatic heterocycles. The molecule has 1 aliphatic heterocycles. The van der Waals surface area contributed by atoms with E-state index in [4.69, 9.17) is 0 Å². The van der Waals surface area contributed by atoms with Crippen molar-refractivity contribution < 1.29 is 0 Å². The largest absolute Gasteiger partial charge is 0.380 e. The second-order valence-corrected chi connectivity index (χ2v) is 5.74. The van der Waals surface area contributed by atoms with Crippen molar-refractivity contribution in [3.63, 3.8) is 0 Å². The number of likely N-dealkylation sites (tertiary alicyclic amines) is 1. The third-order valence-corrected chi connectivity index (χ3v) is 2.96. The molecule has 0 amide bonds. The summed E-state index contributed by atoms with van der Waals surface area (Å²) in [6, 6.07) is 4.81. The third kappa shape index (κ3) is 2.53. The van der Waals surface area contributed by atoms with Crippen LogP contribution in [-0.2, 0) is 5.41 Å². The number of aromatic nitrogens is 1. The molecule has 16 heavy (non-hydrogen) atoms. The van der Waals surface area contributed by atoms with Gasteiger partial charge >= 0.3 is 0 Å². The van der Waals surface area contributed by atoms with Crippen molar-refractivity contribution in [2.45, 2.75) is 32.2 Å². The van der Waals surface area contributed by atoms with Crippen LogP contribution in [0.1, 0.15) is 26.5 Å². The summed E-state index contributed by atoms with van der Waals surface area (Å²) in [6.07, 6.45) is 1.89. The maximum Gasteiger partial charge on any atom is 0.0515 e. The summed E-state index contributed by atoms with van der Waals surface area (Å²) in [5, 5.41) is 3.54. The van der Waals surface area contributed by atoms with E-state index in [1.165, 1.54) is 5.69 Å². The molecule has 1 aromatic rings. The molecule has 0 atom stereocenters. The van der Waals surface area contributed by atoms with Crippen LogP contribution in [0.25, 0.3) is 0 Å². The van der Waals surface area contributed by atoms with Crippen LogP contribution in [0.15, 0.2) is 18.3 Å². The molecule has 1 fully saturated rings. The number of hydrogen-bond donors (Lipinski definition) is 1. The van der Waals surface area contributed by atoms with Gasteiger partial charge in [-0.2, -0.15) is 0 Å². The van der Waals surface area contributed by atoms with Gasteiger partial charge in [-0.15, -0.1) is 0 Å². The molecule has 0 saturated carbocycles. The fraction of sp³-hybridized carbons (Fsp3) is 0.615. The number of nitrogens with zero attached hydrogens (tertiary/aromatic N) is 2. The lowest BCUT2D eigenvalue weighted by Gasteiger charge is -2.37. The zero-order chi connectivity index (χ0) is 11.8. The highest BCUT2D eigenvalue weighted by Crippen LogP contribution is 2.23. The van der Waals surface area contributed by atoms with Gasteiger partial charge in [0.2, 0.25) is 0 Å². The number of pyridine rings is 1. The van der Waals surface area contributed by atoms with Gasteiger partial charge in [-0.25, -0.2) is 0 Å². The van der Waals surface area contributed by atoms with E-state index in [1.807, 2.05) is 12.3 Å². The number of nitrogens with one attached hydrogen (secondary N) is 1. The van der Waals surface area contributed by atoms with E-state index < -0.39 is 0 Å². The van der Waals surface area contributed by atoms with Gasteiger partial charge < -0.3 is 10.2 Å². The van der Waals surface area contributed by atoms with Crippen LogP contribution < -0.4 is 5.32 Å². The second kappa shape index (κ2) is 4.06. The highest BCUT2D eigenvalue weighted by Gasteiger charge is 2.23. The minimum Gasteiger partial charge on any atom is -0.380 e. The first-order valence-corrected chi connectivity index (χ1v) is 5.87. The Hall–Kier alpha value is -1.09. The Balaban J connectivity index is 2.05. The predicted molar refractivity (Wildman–Crippen MR) is 67.8 cm³/mol. The molecule has 0 radical (unpaired) electrons. The van der Waals surface area contributed by atoms with Crippen molar-refractivity contribution in [2.24, 2.45) is 0 Å². The van der Waals surface area contributed by atoms with Crippen LogP contribution in [0.5, 0.6) is 0 Å². The van der Waals surface area contributed by atoms with E-state index in [0.29, 0.717) is 6.04 Å². The average Bonchev–Trinajstić information content (AvgIpc) is 2.14. The molecule has 1 N–H and O–H groups in total. The van der Waals surface area contributed by atoms with Gasteiger partial charge in [0.05, 0.1) is 6.04 Å². The van der Waals surface area contributed by atoms with Crippen molar-refractivity contribution >= 4 is 5.69 Å². The Morgan fingerprint density at radius 3 is 2.62 bits per heavy atom. The summed E-state index contributed by atoms with van der Waals surface area (Å²) in [6.45, 7) is 8.84. The first-order valence-electron chi connectivity index (χ1n) is 5.87. The molecule has 0 aromatic carbocycles. The average molecular weight is 219 g/mol. The third-order valence-electron chi connectivity index (χ3n) is 2.96. The monoisotopic (exact) mass is 219 g/mol. The topological polar surface area (TPSA) is 28.2 Å². The lowest BCUT2D eigenvalue weighted by molar-refractivity contribution is 0.205.